The SMILES string of the molecule is O=C(O)[C@@]1(Cc2ccccc2)CN(C2CCCCC2)CC[C@@H]1O. The van der Waals surface area contributed by atoms with Crippen LogP contribution in [0.1, 0.15) is 44.1 Å². The van der Waals surface area contributed by atoms with Crippen molar-refractivity contribution in [1.29, 1.82) is 0 Å². The lowest BCUT2D eigenvalue weighted by Crippen LogP contribution is -2.59. The van der Waals surface area contributed by atoms with Gasteiger partial charge in [0.15, 0.2) is 0 Å². The molecule has 0 aromatic heterocycles. The van der Waals surface area contributed by atoms with Gasteiger partial charge in [-0.05, 0) is 31.2 Å². The number of aliphatic carboxylic acids is 1. The van der Waals surface area contributed by atoms with E-state index in [1.54, 1.807) is 0 Å². The molecule has 1 aromatic carbocycles. The first-order valence-electron chi connectivity index (χ1n) is 8.81. The lowest BCUT2D eigenvalue weighted by Gasteiger charge is -2.47. The molecule has 126 valence electrons. The zero-order valence-electron chi connectivity index (χ0n) is 13.7. The van der Waals surface area contributed by atoms with Gasteiger partial charge < -0.3 is 10.2 Å². The first-order chi connectivity index (χ1) is 11.1. The summed E-state index contributed by atoms with van der Waals surface area (Å²) in [6.07, 6.45) is 6.27. The van der Waals surface area contributed by atoms with Gasteiger partial charge in [-0.1, -0.05) is 49.6 Å². The summed E-state index contributed by atoms with van der Waals surface area (Å²) in [5, 5.41) is 20.5. The van der Waals surface area contributed by atoms with Crippen LogP contribution in [0.2, 0.25) is 0 Å². The van der Waals surface area contributed by atoms with E-state index in [4.69, 9.17) is 0 Å². The Morgan fingerprint density at radius 2 is 1.83 bits per heavy atom. The molecule has 4 nitrogen and oxygen atoms in total. The number of rotatable bonds is 4. The molecular formula is C19H27NO3. The zero-order chi connectivity index (χ0) is 16.3. The summed E-state index contributed by atoms with van der Waals surface area (Å²) in [4.78, 5) is 14.5. The van der Waals surface area contributed by atoms with Crippen LogP contribution in [0.5, 0.6) is 0 Å². The molecule has 2 N–H and O–H groups in total. The third kappa shape index (κ3) is 3.43. The third-order valence-corrected chi connectivity index (χ3v) is 5.69. The van der Waals surface area contributed by atoms with Gasteiger partial charge in [0.1, 0.15) is 5.41 Å². The molecule has 2 aliphatic rings. The van der Waals surface area contributed by atoms with E-state index < -0.39 is 17.5 Å². The van der Waals surface area contributed by atoms with Crippen molar-refractivity contribution in [2.75, 3.05) is 13.1 Å². The monoisotopic (exact) mass is 317 g/mol. The van der Waals surface area contributed by atoms with E-state index in [0.717, 1.165) is 24.9 Å². The Labute approximate surface area is 138 Å². The molecule has 23 heavy (non-hydrogen) atoms. The molecule has 1 saturated heterocycles. The highest BCUT2D eigenvalue weighted by Gasteiger charge is 2.50. The lowest BCUT2D eigenvalue weighted by atomic mass is 9.72. The van der Waals surface area contributed by atoms with Crippen molar-refractivity contribution in [2.24, 2.45) is 5.41 Å². The van der Waals surface area contributed by atoms with Gasteiger partial charge in [-0.2, -0.15) is 0 Å². The van der Waals surface area contributed by atoms with E-state index in [2.05, 4.69) is 4.90 Å². The average Bonchev–Trinajstić information content (AvgIpc) is 2.58. The van der Waals surface area contributed by atoms with E-state index >= 15 is 0 Å². The fraction of sp³-hybridized carbons (Fsp3) is 0.632. The number of likely N-dealkylation sites (tertiary alicyclic amines) is 1. The molecule has 1 saturated carbocycles. The Morgan fingerprint density at radius 1 is 1.13 bits per heavy atom. The number of carbonyl (C=O) groups is 1. The van der Waals surface area contributed by atoms with E-state index in [9.17, 15) is 15.0 Å². The predicted octanol–water partition coefficient (Wildman–Crippen LogP) is 2.70. The van der Waals surface area contributed by atoms with E-state index in [-0.39, 0.29) is 0 Å². The lowest BCUT2D eigenvalue weighted by molar-refractivity contribution is -0.164. The van der Waals surface area contributed by atoms with E-state index in [1.165, 1.54) is 19.3 Å². The highest BCUT2D eigenvalue weighted by Crippen LogP contribution is 2.37. The fourth-order valence-electron chi connectivity index (χ4n) is 4.29. The Bertz CT molecular complexity index is 527. The van der Waals surface area contributed by atoms with Crippen LogP contribution in [0.15, 0.2) is 30.3 Å². The minimum atomic E-state index is -1.09. The van der Waals surface area contributed by atoms with Crippen molar-refractivity contribution in [2.45, 2.75) is 57.1 Å². The molecule has 4 heteroatoms. The first-order valence-corrected chi connectivity index (χ1v) is 8.81. The topological polar surface area (TPSA) is 60.8 Å². The second-order valence-corrected chi connectivity index (χ2v) is 7.19. The number of benzene rings is 1. The number of hydrogen-bond donors (Lipinski definition) is 2. The number of carboxylic acid groups (broad SMARTS) is 1. The zero-order valence-corrected chi connectivity index (χ0v) is 13.7. The first kappa shape index (κ1) is 16.5. The van der Waals surface area contributed by atoms with Crippen LogP contribution < -0.4 is 0 Å². The van der Waals surface area contributed by atoms with Crippen LogP contribution in [0.4, 0.5) is 0 Å². The van der Waals surface area contributed by atoms with Crippen LogP contribution in [0.3, 0.4) is 0 Å². The van der Waals surface area contributed by atoms with Gasteiger partial charge >= 0.3 is 5.97 Å². The molecule has 0 spiro atoms. The normalized spacial score (nSPS) is 30.2. The Kier molecular flexibility index (Phi) is 5.02. The smallest absolute Gasteiger partial charge is 0.313 e. The summed E-state index contributed by atoms with van der Waals surface area (Å²) in [6, 6.07) is 10.2. The van der Waals surface area contributed by atoms with Gasteiger partial charge in [-0.25, -0.2) is 0 Å². The van der Waals surface area contributed by atoms with Crippen LogP contribution >= 0.6 is 0 Å². The summed E-state index contributed by atoms with van der Waals surface area (Å²) >= 11 is 0. The van der Waals surface area contributed by atoms with Crippen molar-refractivity contribution in [3.05, 3.63) is 35.9 Å². The summed E-state index contributed by atoms with van der Waals surface area (Å²) in [5.41, 5.74) is -0.101. The molecule has 2 fully saturated rings. The molecular weight excluding hydrogens is 290 g/mol. The molecule has 0 radical (unpaired) electrons. The number of nitrogens with zero attached hydrogens (tertiary/aromatic N) is 1. The molecule has 1 heterocycles. The summed E-state index contributed by atoms with van der Waals surface area (Å²) in [5.74, 6) is -0.866. The molecule has 3 rings (SSSR count). The highest BCUT2D eigenvalue weighted by atomic mass is 16.4. The average molecular weight is 317 g/mol. The van der Waals surface area contributed by atoms with Gasteiger partial charge in [0.2, 0.25) is 0 Å². The van der Waals surface area contributed by atoms with Gasteiger partial charge in [-0.15, -0.1) is 0 Å². The third-order valence-electron chi connectivity index (χ3n) is 5.69. The molecule has 2 atom stereocenters. The van der Waals surface area contributed by atoms with Crippen molar-refractivity contribution in [3.63, 3.8) is 0 Å². The van der Waals surface area contributed by atoms with Crippen molar-refractivity contribution in [3.8, 4) is 0 Å². The second-order valence-electron chi connectivity index (χ2n) is 7.19. The maximum atomic E-state index is 12.1. The fourth-order valence-corrected chi connectivity index (χ4v) is 4.29. The largest absolute Gasteiger partial charge is 0.481 e. The molecule has 0 bridgehead atoms. The predicted molar refractivity (Wildman–Crippen MR) is 89.3 cm³/mol. The highest BCUT2D eigenvalue weighted by molar-refractivity contribution is 5.76. The molecule has 0 unspecified atom stereocenters. The van der Waals surface area contributed by atoms with Crippen molar-refractivity contribution in [1.82, 2.24) is 4.90 Å². The summed E-state index contributed by atoms with van der Waals surface area (Å²) in [7, 11) is 0. The summed E-state index contributed by atoms with van der Waals surface area (Å²) in [6.45, 7) is 1.28. The quantitative estimate of drug-likeness (QED) is 0.896. The summed E-state index contributed by atoms with van der Waals surface area (Å²) < 4.78 is 0. The van der Waals surface area contributed by atoms with Gasteiger partial charge in [0.25, 0.3) is 0 Å². The number of carboxylic acids is 1. The van der Waals surface area contributed by atoms with Gasteiger partial charge in [0.05, 0.1) is 6.10 Å². The maximum Gasteiger partial charge on any atom is 0.313 e. The Morgan fingerprint density at radius 3 is 2.48 bits per heavy atom. The maximum absolute atomic E-state index is 12.1. The second kappa shape index (κ2) is 7.02. The number of piperidine rings is 1. The van der Waals surface area contributed by atoms with Crippen molar-refractivity contribution < 1.29 is 15.0 Å². The van der Waals surface area contributed by atoms with Crippen LogP contribution in [0, 0.1) is 5.41 Å². The van der Waals surface area contributed by atoms with E-state index in [0.29, 0.717) is 25.4 Å². The molecule has 1 aliphatic heterocycles. The molecule has 1 aromatic rings. The Hall–Kier alpha value is -1.39. The van der Waals surface area contributed by atoms with Gasteiger partial charge in [-0.3, -0.25) is 9.69 Å². The van der Waals surface area contributed by atoms with E-state index in [1.807, 2.05) is 30.3 Å². The van der Waals surface area contributed by atoms with Crippen LogP contribution in [0.25, 0.3) is 0 Å². The minimum Gasteiger partial charge on any atom is -0.481 e. The number of aliphatic hydroxyl groups is 1. The van der Waals surface area contributed by atoms with Crippen LogP contribution in [-0.2, 0) is 11.2 Å². The number of aliphatic hydroxyl groups excluding tert-OH is 1. The van der Waals surface area contributed by atoms with Gasteiger partial charge in [0, 0.05) is 19.1 Å². The molecule has 0 amide bonds. The standard InChI is InChI=1S/C19H27NO3/c21-17-11-12-20(16-9-5-2-6-10-16)14-19(17,18(22)23)13-15-7-3-1-4-8-15/h1,3-4,7-8,16-17,21H,2,5-6,9-14H2,(H,22,23)/t17-,19-/m0/s1. The Balaban J connectivity index is 1.82. The molecule has 1 aliphatic carbocycles. The van der Waals surface area contributed by atoms with Crippen LogP contribution in [-0.4, -0.2) is 46.3 Å². The van der Waals surface area contributed by atoms with Crippen molar-refractivity contribution >= 4 is 5.97 Å². The number of hydrogen-bond acceptors (Lipinski definition) is 3. The minimum absolute atomic E-state index is 0.396.